The number of halogens is 1. The first-order valence-electron chi connectivity index (χ1n) is 7.86. The molecule has 4 aromatic heterocycles. The molecule has 4 nitrogen and oxygen atoms in total. The van der Waals surface area contributed by atoms with Gasteiger partial charge in [0.1, 0.15) is 4.64 Å². The summed E-state index contributed by atoms with van der Waals surface area (Å²) in [5.74, 6) is 0. The van der Waals surface area contributed by atoms with Crippen LogP contribution in [0.3, 0.4) is 0 Å². The maximum absolute atomic E-state index is 6.15. The van der Waals surface area contributed by atoms with E-state index in [2.05, 4.69) is 19.9 Å². The Morgan fingerprint density at radius 1 is 0.741 bits per heavy atom. The second-order valence-corrected chi connectivity index (χ2v) is 6.09. The van der Waals surface area contributed by atoms with Crippen molar-refractivity contribution in [2.24, 2.45) is 0 Å². The summed E-state index contributed by atoms with van der Waals surface area (Å²) in [6.45, 7) is 0. The van der Waals surface area contributed by atoms with Gasteiger partial charge < -0.3 is 4.98 Å². The van der Waals surface area contributed by atoms with Crippen LogP contribution in [0.4, 0.5) is 0 Å². The van der Waals surface area contributed by atoms with E-state index in [0.29, 0.717) is 5.02 Å². The van der Waals surface area contributed by atoms with E-state index in [1.54, 1.807) is 24.5 Å². The minimum absolute atomic E-state index is 0. The zero-order valence-electron chi connectivity index (χ0n) is 14.0. The Labute approximate surface area is 182 Å². The Kier molecular flexibility index (Phi) is 8.46. The molecule has 0 aromatic carbocycles. The topological polar surface area (TPSA) is 54.5 Å². The van der Waals surface area contributed by atoms with E-state index in [-0.39, 0.29) is 21.1 Å². The van der Waals surface area contributed by atoms with Gasteiger partial charge in [0.2, 0.25) is 0 Å². The maximum atomic E-state index is 6.15. The molecule has 1 N–H and O–H groups in total. The molecule has 0 saturated carbocycles. The Hall–Kier alpha value is -2.20. The van der Waals surface area contributed by atoms with Crippen molar-refractivity contribution in [3.8, 4) is 22.8 Å². The van der Waals surface area contributed by atoms with Gasteiger partial charge in [-0.1, -0.05) is 42.0 Å². The Bertz CT molecular complexity index is 951. The Morgan fingerprint density at radius 3 is 1.67 bits per heavy atom. The van der Waals surface area contributed by atoms with Crippen LogP contribution in [0.25, 0.3) is 22.8 Å². The molecule has 0 amide bonds. The molecule has 4 aromatic rings. The van der Waals surface area contributed by atoms with Gasteiger partial charge in [0, 0.05) is 23.6 Å². The van der Waals surface area contributed by atoms with Crippen molar-refractivity contribution in [3.05, 3.63) is 95.0 Å². The van der Waals surface area contributed by atoms with E-state index < -0.39 is 0 Å². The second kappa shape index (κ2) is 10.8. The molecule has 0 spiro atoms. The molecule has 27 heavy (non-hydrogen) atoms. The Balaban J connectivity index is 0.000000278. The van der Waals surface area contributed by atoms with Crippen molar-refractivity contribution in [1.29, 1.82) is 0 Å². The normalized spacial score (nSPS) is 9.52. The fourth-order valence-corrected chi connectivity index (χ4v) is 2.52. The quantitative estimate of drug-likeness (QED) is 0.317. The van der Waals surface area contributed by atoms with Crippen LogP contribution in [0.1, 0.15) is 0 Å². The van der Waals surface area contributed by atoms with Crippen LogP contribution >= 0.6 is 23.8 Å². The predicted molar refractivity (Wildman–Crippen MR) is 107 cm³/mol. The summed E-state index contributed by atoms with van der Waals surface area (Å²) in [6, 6.07) is 20.6. The summed E-state index contributed by atoms with van der Waals surface area (Å²) in [5.41, 5.74) is 3.08. The number of aromatic amines is 1. The fraction of sp³-hybridized carbons (Fsp3) is 0. The summed E-state index contributed by atoms with van der Waals surface area (Å²) in [6.07, 6.45) is 5.28. The zero-order chi connectivity index (χ0) is 18.2. The number of nitrogens with one attached hydrogen (secondary N) is 1. The van der Waals surface area contributed by atoms with Gasteiger partial charge in [0.15, 0.2) is 0 Å². The largest absolute Gasteiger partial charge is 4.00 e. The first kappa shape index (κ1) is 21.1. The molecule has 0 aliphatic rings. The van der Waals surface area contributed by atoms with Gasteiger partial charge in [-0.2, -0.15) is 0 Å². The standard InChI is InChI=1S/C15H10ClN3.C5H5NS.Pt/c16-11-9-14(12-5-1-3-7-17-12)19-15(10-11)13-6-2-4-8-18-13;7-5-3-1-2-4-6-5;/h1-10H;1-4H,(H,6,7);/q;;+4. The van der Waals surface area contributed by atoms with Crippen LogP contribution in [-0.4, -0.2) is 19.9 Å². The third-order valence-electron chi connectivity index (χ3n) is 3.33. The van der Waals surface area contributed by atoms with Gasteiger partial charge >= 0.3 is 21.1 Å². The third-order valence-corrected chi connectivity index (χ3v) is 3.80. The number of pyridine rings is 4. The Morgan fingerprint density at radius 2 is 1.30 bits per heavy atom. The van der Waals surface area contributed by atoms with E-state index in [1.807, 2.05) is 60.8 Å². The molecule has 0 saturated heterocycles. The number of hydrogen-bond donors (Lipinski definition) is 1. The van der Waals surface area contributed by atoms with Crippen molar-refractivity contribution in [2.75, 3.05) is 0 Å². The summed E-state index contributed by atoms with van der Waals surface area (Å²) >= 11 is 10.9. The molecular formula is C20H15ClN4PtS+4. The van der Waals surface area contributed by atoms with Crippen molar-refractivity contribution < 1.29 is 21.1 Å². The van der Waals surface area contributed by atoms with Crippen LogP contribution in [0.5, 0.6) is 0 Å². The first-order valence-corrected chi connectivity index (χ1v) is 8.65. The molecular weight excluding hydrogens is 559 g/mol. The molecule has 4 rings (SSSR count). The SMILES string of the molecule is Clc1cc(-c2ccccn2)nc(-c2ccccn2)c1.S=c1cccc[nH]1.[Pt+4]. The molecule has 0 unspecified atom stereocenters. The van der Waals surface area contributed by atoms with Crippen LogP contribution in [0.2, 0.25) is 5.02 Å². The molecule has 0 fully saturated rings. The predicted octanol–water partition coefficient (Wildman–Crippen LogP) is 5.60. The molecule has 134 valence electrons. The molecule has 0 aliphatic carbocycles. The number of rotatable bonds is 2. The van der Waals surface area contributed by atoms with E-state index in [9.17, 15) is 0 Å². The van der Waals surface area contributed by atoms with Crippen molar-refractivity contribution in [3.63, 3.8) is 0 Å². The van der Waals surface area contributed by atoms with Crippen LogP contribution in [-0.2, 0) is 21.1 Å². The maximum Gasteiger partial charge on any atom is 4.00 e. The van der Waals surface area contributed by atoms with E-state index >= 15 is 0 Å². The molecule has 0 bridgehead atoms. The van der Waals surface area contributed by atoms with Gasteiger partial charge in [0.25, 0.3) is 0 Å². The second-order valence-electron chi connectivity index (χ2n) is 5.21. The monoisotopic (exact) mass is 573 g/mol. The van der Waals surface area contributed by atoms with Crippen LogP contribution < -0.4 is 0 Å². The average molecular weight is 574 g/mol. The zero-order valence-corrected chi connectivity index (χ0v) is 17.9. The van der Waals surface area contributed by atoms with E-state index in [1.165, 1.54) is 0 Å². The number of aromatic nitrogens is 4. The number of nitrogens with zero attached hydrogens (tertiary/aromatic N) is 3. The summed E-state index contributed by atoms with van der Waals surface area (Å²) < 4.78 is 0.780. The fourth-order valence-electron chi connectivity index (χ4n) is 2.17. The van der Waals surface area contributed by atoms with Crippen molar-refractivity contribution in [2.45, 2.75) is 0 Å². The van der Waals surface area contributed by atoms with Gasteiger partial charge in [-0.05, 0) is 48.5 Å². The third kappa shape index (κ3) is 6.47. The van der Waals surface area contributed by atoms with E-state index in [0.717, 1.165) is 27.4 Å². The minimum atomic E-state index is 0. The first-order chi connectivity index (χ1) is 12.7. The molecule has 7 heteroatoms. The van der Waals surface area contributed by atoms with Crippen LogP contribution in [0, 0.1) is 4.64 Å². The molecule has 0 aliphatic heterocycles. The summed E-state index contributed by atoms with van der Waals surface area (Å²) in [4.78, 5) is 16.0. The molecule has 0 radical (unpaired) electrons. The van der Waals surface area contributed by atoms with Crippen molar-refractivity contribution >= 4 is 23.8 Å². The summed E-state index contributed by atoms with van der Waals surface area (Å²) in [5, 5.41) is 0.622. The minimum Gasteiger partial charge on any atom is -0.353 e. The number of hydrogen-bond acceptors (Lipinski definition) is 4. The molecule has 4 heterocycles. The smallest absolute Gasteiger partial charge is 0.353 e. The van der Waals surface area contributed by atoms with Gasteiger partial charge in [-0.3, -0.25) is 9.97 Å². The van der Waals surface area contributed by atoms with Crippen LogP contribution in [0.15, 0.2) is 85.3 Å². The average Bonchev–Trinajstić information content (AvgIpc) is 2.70. The number of H-pyrrole nitrogens is 1. The van der Waals surface area contributed by atoms with E-state index in [4.69, 9.17) is 23.8 Å². The van der Waals surface area contributed by atoms with Gasteiger partial charge in [0.05, 0.1) is 22.8 Å². The summed E-state index contributed by atoms with van der Waals surface area (Å²) in [7, 11) is 0. The molecule has 0 atom stereocenters. The van der Waals surface area contributed by atoms with Gasteiger partial charge in [-0.15, -0.1) is 0 Å². The van der Waals surface area contributed by atoms with Gasteiger partial charge in [-0.25, -0.2) is 4.98 Å². The van der Waals surface area contributed by atoms with Crippen molar-refractivity contribution in [1.82, 2.24) is 19.9 Å².